The molecule has 1 saturated carbocycles. The summed E-state index contributed by atoms with van der Waals surface area (Å²) in [6.45, 7) is 2.57. The van der Waals surface area contributed by atoms with Crippen molar-refractivity contribution in [2.75, 3.05) is 13.7 Å². The van der Waals surface area contributed by atoms with Crippen molar-refractivity contribution in [1.82, 2.24) is 4.90 Å². The zero-order valence-electron chi connectivity index (χ0n) is 10.5. The minimum atomic E-state index is -0.728. The summed E-state index contributed by atoms with van der Waals surface area (Å²) in [5.74, 6) is -0.464. The number of rotatable bonds is 4. The van der Waals surface area contributed by atoms with Gasteiger partial charge in [0.2, 0.25) is 0 Å². The lowest BCUT2D eigenvalue weighted by molar-refractivity contribution is -0.138. The van der Waals surface area contributed by atoms with Crippen LogP contribution in [0, 0.1) is 5.92 Å². The van der Waals surface area contributed by atoms with Crippen LogP contribution in [0.1, 0.15) is 39.0 Å². The van der Waals surface area contributed by atoms with E-state index < -0.39 is 5.97 Å². The quantitative estimate of drug-likeness (QED) is 0.821. The van der Waals surface area contributed by atoms with E-state index in [0.717, 1.165) is 25.7 Å². The average molecular weight is 243 g/mol. The van der Waals surface area contributed by atoms with Crippen LogP contribution in [0.5, 0.6) is 0 Å². The van der Waals surface area contributed by atoms with Crippen LogP contribution in [0.15, 0.2) is 0 Å². The van der Waals surface area contributed by atoms with Gasteiger partial charge >= 0.3 is 12.1 Å². The highest BCUT2D eigenvalue weighted by molar-refractivity contribution is 5.68. The molecule has 1 aliphatic carbocycles. The third-order valence-electron chi connectivity index (χ3n) is 3.47. The third kappa shape index (κ3) is 3.91. The van der Waals surface area contributed by atoms with Crippen LogP contribution in [0.25, 0.3) is 0 Å². The molecular formula is C12H21NO4. The van der Waals surface area contributed by atoms with E-state index in [1.54, 1.807) is 4.90 Å². The fourth-order valence-corrected chi connectivity index (χ4v) is 2.56. The average Bonchev–Trinajstić information content (AvgIpc) is 2.31. The van der Waals surface area contributed by atoms with Crippen LogP contribution in [-0.2, 0) is 9.53 Å². The summed E-state index contributed by atoms with van der Waals surface area (Å²) in [6.07, 6.45) is 3.47. The number of carbonyl (C=O) groups excluding carboxylic acids is 1. The normalized spacial score (nSPS) is 24.1. The van der Waals surface area contributed by atoms with Crippen molar-refractivity contribution < 1.29 is 19.4 Å². The largest absolute Gasteiger partial charge is 0.481 e. The second kappa shape index (κ2) is 6.47. The lowest BCUT2D eigenvalue weighted by Gasteiger charge is -2.35. The zero-order valence-corrected chi connectivity index (χ0v) is 10.5. The summed E-state index contributed by atoms with van der Waals surface area (Å²) in [5.41, 5.74) is 0. The SMILES string of the molecule is CCN(C(=O)OC)C1CCC(CC(=O)O)CC1. The summed E-state index contributed by atoms with van der Waals surface area (Å²) < 4.78 is 4.74. The van der Waals surface area contributed by atoms with Crippen molar-refractivity contribution in [1.29, 1.82) is 0 Å². The number of methoxy groups -OCH3 is 1. The fourth-order valence-electron chi connectivity index (χ4n) is 2.56. The number of hydrogen-bond acceptors (Lipinski definition) is 3. The summed E-state index contributed by atoms with van der Waals surface area (Å²) in [5, 5.41) is 8.73. The molecule has 0 aromatic rings. The zero-order chi connectivity index (χ0) is 12.8. The predicted molar refractivity (Wildman–Crippen MR) is 62.8 cm³/mol. The highest BCUT2D eigenvalue weighted by atomic mass is 16.5. The molecular weight excluding hydrogens is 222 g/mol. The number of aliphatic carboxylic acids is 1. The molecule has 0 unspecified atom stereocenters. The van der Waals surface area contributed by atoms with E-state index in [4.69, 9.17) is 9.84 Å². The summed E-state index contributed by atoms with van der Waals surface area (Å²) in [6, 6.07) is 0.206. The lowest BCUT2D eigenvalue weighted by atomic mass is 9.83. The summed E-state index contributed by atoms with van der Waals surface area (Å²) >= 11 is 0. The first-order chi connectivity index (χ1) is 8.08. The molecule has 0 aliphatic heterocycles. The van der Waals surface area contributed by atoms with E-state index in [1.807, 2.05) is 6.92 Å². The van der Waals surface area contributed by atoms with Gasteiger partial charge in [0, 0.05) is 19.0 Å². The molecule has 0 aromatic heterocycles. The molecule has 0 heterocycles. The molecule has 1 aliphatic rings. The van der Waals surface area contributed by atoms with E-state index >= 15 is 0 Å². The topological polar surface area (TPSA) is 66.8 Å². The maximum absolute atomic E-state index is 11.5. The molecule has 1 rings (SSSR count). The number of hydrogen-bond donors (Lipinski definition) is 1. The number of carboxylic acids is 1. The van der Waals surface area contributed by atoms with Gasteiger partial charge in [-0.15, -0.1) is 0 Å². The third-order valence-corrected chi connectivity index (χ3v) is 3.47. The highest BCUT2D eigenvalue weighted by Crippen LogP contribution is 2.29. The molecule has 0 atom stereocenters. The number of nitrogens with zero attached hydrogens (tertiary/aromatic N) is 1. The fraction of sp³-hybridized carbons (Fsp3) is 0.833. The van der Waals surface area contributed by atoms with Gasteiger partial charge < -0.3 is 14.7 Å². The van der Waals surface area contributed by atoms with Crippen LogP contribution in [0.2, 0.25) is 0 Å². The minimum absolute atomic E-state index is 0.206. The number of carboxylic acid groups (broad SMARTS) is 1. The first-order valence-corrected chi connectivity index (χ1v) is 6.14. The predicted octanol–water partition coefficient (Wildman–Crippen LogP) is 2.11. The Hall–Kier alpha value is -1.26. The first kappa shape index (κ1) is 13.8. The first-order valence-electron chi connectivity index (χ1n) is 6.14. The van der Waals surface area contributed by atoms with Crippen LogP contribution >= 0.6 is 0 Å². The Kier molecular flexibility index (Phi) is 5.25. The molecule has 1 N–H and O–H groups in total. The van der Waals surface area contributed by atoms with Crippen molar-refractivity contribution in [3.63, 3.8) is 0 Å². The number of carbonyl (C=O) groups is 2. The van der Waals surface area contributed by atoms with E-state index in [-0.39, 0.29) is 24.5 Å². The standard InChI is InChI=1S/C12H21NO4/c1-3-13(12(16)17-2)10-6-4-9(5-7-10)8-11(14)15/h9-10H,3-8H2,1-2H3,(H,14,15). The van der Waals surface area contributed by atoms with Gasteiger partial charge in [0.25, 0.3) is 0 Å². The molecule has 5 heteroatoms. The number of ether oxygens (including phenoxy) is 1. The smallest absolute Gasteiger partial charge is 0.409 e. The van der Waals surface area contributed by atoms with Gasteiger partial charge in [-0.1, -0.05) is 0 Å². The summed E-state index contributed by atoms with van der Waals surface area (Å²) in [7, 11) is 1.39. The molecule has 0 radical (unpaired) electrons. The molecule has 98 valence electrons. The molecule has 0 saturated heterocycles. The van der Waals surface area contributed by atoms with Gasteiger partial charge in [-0.2, -0.15) is 0 Å². The Morgan fingerprint density at radius 2 is 1.88 bits per heavy atom. The van der Waals surface area contributed by atoms with Crippen molar-refractivity contribution >= 4 is 12.1 Å². The summed E-state index contributed by atoms with van der Waals surface area (Å²) in [4.78, 5) is 23.9. The second-order valence-corrected chi connectivity index (χ2v) is 4.53. The Morgan fingerprint density at radius 3 is 2.29 bits per heavy atom. The van der Waals surface area contributed by atoms with E-state index in [1.165, 1.54) is 7.11 Å². The molecule has 1 amide bonds. The Morgan fingerprint density at radius 1 is 1.29 bits per heavy atom. The van der Waals surface area contributed by atoms with Crippen molar-refractivity contribution in [3.05, 3.63) is 0 Å². The van der Waals surface area contributed by atoms with E-state index in [2.05, 4.69) is 0 Å². The van der Waals surface area contributed by atoms with Crippen molar-refractivity contribution in [2.24, 2.45) is 5.92 Å². The Balaban J connectivity index is 2.44. The van der Waals surface area contributed by atoms with Gasteiger partial charge in [0.1, 0.15) is 0 Å². The van der Waals surface area contributed by atoms with Crippen molar-refractivity contribution in [2.45, 2.75) is 45.1 Å². The maximum atomic E-state index is 11.5. The molecule has 17 heavy (non-hydrogen) atoms. The maximum Gasteiger partial charge on any atom is 0.409 e. The van der Waals surface area contributed by atoms with E-state index in [9.17, 15) is 9.59 Å². The Labute approximate surface area is 102 Å². The monoisotopic (exact) mass is 243 g/mol. The molecule has 1 fully saturated rings. The van der Waals surface area contributed by atoms with Crippen LogP contribution < -0.4 is 0 Å². The lowest BCUT2D eigenvalue weighted by Crippen LogP contribution is -2.42. The molecule has 0 aromatic carbocycles. The van der Waals surface area contributed by atoms with Gasteiger partial charge in [0.05, 0.1) is 7.11 Å². The number of amides is 1. The van der Waals surface area contributed by atoms with Gasteiger partial charge in [0.15, 0.2) is 0 Å². The molecule has 0 spiro atoms. The van der Waals surface area contributed by atoms with Crippen LogP contribution in [0.3, 0.4) is 0 Å². The molecule has 5 nitrogen and oxygen atoms in total. The van der Waals surface area contributed by atoms with Crippen LogP contribution in [0.4, 0.5) is 4.79 Å². The van der Waals surface area contributed by atoms with E-state index in [0.29, 0.717) is 6.54 Å². The van der Waals surface area contributed by atoms with Crippen molar-refractivity contribution in [3.8, 4) is 0 Å². The van der Waals surface area contributed by atoms with Gasteiger partial charge in [-0.25, -0.2) is 4.79 Å². The highest BCUT2D eigenvalue weighted by Gasteiger charge is 2.29. The van der Waals surface area contributed by atoms with Crippen LogP contribution in [-0.4, -0.2) is 41.8 Å². The second-order valence-electron chi connectivity index (χ2n) is 4.53. The minimum Gasteiger partial charge on any atom is -0.481 e. The van der Waals surface area contributed by atoms with Gasteiger partial charge in [-0.3, -0.25) is 4.79 Å². The molecule has 0 bridgehead atoms. The van der Waals surface area contributed by atoms with Gasteiger partial charge in [-0.05, 0) is 38.5 Å². The Bertz CT molecular complexity index is 272.